The molecule has 2 aromatic carbocycles. The quantitative estimate of drug-likeness (QED) is 0.0183. The Hall–Kier alpha value is -8.15. The second kappa shape index (κ2) is 25.7. The lowest BCUT2D eigenvalue weighted by atomic mass is 10.0. The molecule has 1 aliphatic heterocycles. The molecule has 0 aliphatic carbocycles. The molecule has 0 spiro atoms. The normalized spacial score (nSPS) is 15.8. The van der Waals surface area contributed by atoms with Gasteiger partial charge in [0.1, 0.15) is 36.3 Å². The van der Waals surface area contributed by atoms with E-state index in [-0.39, 0.29) is 69.7 Å². The van der Waals surface area contributed by atoms with Gasteiger partial charge >= 0.3 is 11.9 Å². The molecule has 1 aliphatic rings. The van der Waals surface area contributed by atoms with Gasteiger partial charge in [0.15, 0.2) is 5.96 Å². The zero-order chi connectivity index (χ0) is 49.9. The highest BCUT2D eigenvalue weighted by Gasteiger charge is 2.39. The maximum absolute atomic E-state index is 14.3. The minimum atomic E-state index is -1.85. The van der Waals surface area contributed by atoms with Gasteiger partial charge in [0.2, 0.25) is 35.4 Å². The van der Waals surface area contributed by atoms with E-state index < -0.39 is 96.1 Å². The number of hydrogen-bond donors (Lipinski definition) is 13. The summed E-state index contributed by atoms with van der Waals surface area (Å²) < 4.78 is 0. The van der Waals surface area contributed by atoms with Crippen LogP contribution in [-0.2, 0) is 64.0 Å². The minimum absolute atomic E-state index is 0.0762. The Morgan fingerprint density at radius 2 is 1.20 bits per heavy atom. The number of carbonyl (C=O) groups is 8. The number of likely N-dealkylation sites (tertiary alicyclic amines) is 1. The summed E-state index contributed by atoms with van der Waals surface area (Å²) in [6.07, 6.45) is 5.07. The summed E-state index contributed by atoms with van der Waals surface area (Å²) in [5, 5.41) is 42.4. The molecule has 1 fully saturated rings. The lowest BCUT2D eigenvalue weighted by Crippen LogP contribution is -2.60. The molecule has 24 heteroatoms. The molecule has 1 saturated heterocycles. The van der Waals surface area contributed by atoms with E-state index in [1.54, 1.807) is 30.3 Å². The molecule has 69 heavy (non-hydrogen) atoms. The Bertz CT molecular complexity index is 2370. The Balaban J connectivity index is 1.33. The number of aliphatic carboxylic acids is 2. The maximum atomic E-state index is 14.3. The van der Waals surface area contributed by atoms with Crippen molar-refractivity contribution in [3.63, 3.8) is 0 Å². The lowest BCUT2D eigenvalue weighted by molar-refractivity contribution is -0.143. The van der Waals surface area contributed by atoms with E-state index in [1.165, 1.54) is 29.9 Å². The Kier molecular flexibility index (Phi) is 19.3. The number of imidazole rings is 2. The highest BCUT2D eigenvalue weighted by molar-refractivity contribution is 5.98. The molecule has 0 bridgehead atoms. The van der Waals surface area contributed by atoms with Crippen LogP contribution in [0, 0.1) is 5.41 Å². The first kappa shape index (κ1) is 51.8. The highest BCUT2D eigenvalue weighted by atomic mass is 16.4. The van der Waals surface area contributed by atoms with Gasteiger partial charge < -0.3 is 68.4 Å². The fraction of sp³-hybridized carbons (Fsp3) is 0.400. The molecule has 24 nitrogen and oxygen atoms in total. The van der Waals surface area contributed by atoms with Gasteiger partial charge in [-0.2, -0.15) is 0 Å². The predicted octanol–water partition coefficient (Wildman–Crippen LogP) is -2.03. The molecule has 2 aromatic heterocycles. The molecule has 7 atom stereocenters. The standard InChI is InChI=1S/C45H58N14O10/c46-30(17-26-9-3-1-4-10-26)43(67)59-16-8-14-36(59)42(66)57-33(20-29-23-50-25-53-29)40(64)55-32(19-28-22-49-24-52-28)39(63)56-34(21-37(60)61)41(65)54-31(13-7-15-51-45(47)48)38(62)58-35(44(68)69)18-27-11-5-2-6-12-27/h1-6,9-12,22-25,30-36H,7-8,13-21,46H2,(H,49,52)(H,50,53)(H,54,65)(H,55,64)(H,56,63)(H,57,66)(H,58,62)(H,60,61)(H,68,69)(H4,47,48,51)/t30-,31-,32-,33-,34-,35-,36-/m0/s1. The number of aromatic amines is 2. The van der Waals surface area contributed by atoms with E-state index in [9.17, 15) is 48.6 Å². The molecule has 5 rings (SSSR count). The number of nitrogens with two attached hydrogens (primary N) is 2. The van der Waals surface area contributed by atoms with Crippen LogP contribution in [0.4, 0.5) is 0 Å². The van der Waals surface area contributed by atoms with Crippen molar-refractivity contribution in [3.05, 3.63) is 108 Å². The van der Waals surface area contributed by atoms with Crippen molar-refractivity contribution in [1.29, 1.82) is 5.41 Å². The van der Waals surface area contributed by atoms with Crippen molar-refractivity contribution in [2.75, 3.05) is 13.1 Å². The number of carboxylic acids is 2. The van der Waals surface area contributed by atoms with Gasteiger partial charge in [-0.25, -0.2) is 14.8 Å². The Morgan fingerprint density at radius 1 is 0.696 bits per heavy atom. The van der Waals surface area contributed by atoms with Crippen molar-refractivity contribution in [3.8, 4) is 0 Å². The SMILES string of the molecule is N=C(N)NCCC[C@H](NC(=O)[C@H](CC(=O)O)NC(=O)[C@H](Cc1c[nH]cn1)NC(=O)[C@H](Cc1c[nH]cn1)NC(=O)[C@@H]1CCCN1C(=O)[C@@H](N)Cc1ccccc1)C(=O)N[C@@H](Cc1ccccc1)C(=O)O. The number of aromatic nitrogens is 4. The van der Waals surface area contributed by atoms with E-state index in [1.807, 2.05) is 30.3 Å². The summed E-state index contributed by atoms with van der Waals surface area (Å²) >= 11 is 0. The van der Waals surface area contributed by atoms with Crippen LogP contribution in [0.2, 0.25) is 0 Å². The van der Waals surface area contributed by atoms with Crippen molar-refractivity contribution in [2.45, 2.75) is 100 Å². The third-order valence-corrected chi connectivity index (χ3v) is 11.2. The summed E-state index contributed by atoms with van der Waals surface area (Å²) in [7, 11) is 0. The topological polar surface area (TPSA) is 386 Å². The minimum Gasteiger partial charge on any atom is -0.481 e. The summed E-state index contributed by atoms with van der Waals surface area (Å²) in [5.41, 5.74) is 13.8. The van der Waals surface area contributed by atoms with Crippen LogP contribution in [0.25, 0.3) is 0 Å². The van der Waals surface area contributed by atoms with Crippen LogP contribution in [-0.4, -0.2) is 144 Å². The van der Waals surface area contributed by atoms with Crippen molar-refractivity contribution >= 4 is 53.3 Å². The second-order valence-corrected chi connectivity index (χ2v) is 16.4. The number of H-pyrrole nitrogens is 2. The summed E-state index contributed by atoms with van der Waals surface area (Å²) in [6, 6.07) is 8.05. The van der Waals surface area contributed by atoms with Crippen molar-refractivity contribution in [1.82, 2.24) is 56.7 Å². The molecule has 4 aromatic rings. The van der Waals surface area contributed by atoms with E-state index in [4.69, 9.17) is 16.9 Å². The van der Waals surface area contributed by atoms with Crippen molar-refractivity contribution < 1.29 is 48.6 Å². The average molecular weight is 955 g/mol. The summed E-state index contributed by atoms with van der Waals surface area (Å²) in [4.78, 5) is 123. The molecule has 3 heterocycles. The molecule has 15 N–H and O–H groups in total. The number of benzene rings is 2. The molecule has 0 radical (unpaired) electrons. The van der Waals surface area contributed by atoms with E-state index in [0.29, 0.717) is 17.7 Å². The summed E-state index contributed by atoms with van der Waals surface area (Å²) in [6.45, 7) is 0.332. The first-order chi connectivity index (χ1) is 33.1. The number of carboxylic acid groups (broad SMARTS) is 2. The van der Waals surface area contributed by atoms with Crippen LogP contribution < -0.4 is 43.4 Å². The third kappa shape index (κ3) is 16.3. The molecule has 6 amide bonds. The van der Waals surface area contributed by atoms with Crippen LogP contribution >= 0.6 is 0 Å². The van der Waals surface area contributed by atoms with Gasteiger partial charge in [0.05, 0.1) is 36.5 Å². The molecular formula is C45H58N14O10. The zero-order valence-corrected chi connectivity index (χ0v) is 37.6. The lowest BCUT2D eigenvalue weighted by Gasteiger charge is -2.29. The second-order valence-electron chi connectivity index (χ2n) is 16.4. The van der Waals surface area contributed by atoms with Crippen LogP contribution in [0.3, 0.4) is 0 Å². The number of hydrogen-bond acceptors (Lipinski definition) is 12. The first-order valence-corrected chi connectivity index (χ1v) is 22.2. The number of guanidine groups is 1. The van der Waals surface area contributed by atoms with Gasteiger partial charge in [-0.05, 0) is 43.2 Å². The largest absolute Gasteiger partial charge is 0.481 e. The predicted molar refractivity (Wildman–Crippen MR) is 246 cm³/mol. The van der Waals surface area contributed by atoms with Crippen LogP contribution in [0.1, 0.15) is 54.6 Å². The maximum Gasteiger partial charge on any atom is 0.326 e. The molecular weight excluding hydrogens is 897 g/mol. The fourth-order valence-corrected chi connectivity index (χ4v) is 7.70. The van der Waals surface area contributed by atoms with Crippen LogP contribution in [0.15, 0.2) is 85.7 Å². The van der Waals surface area contributed by atoms with E-state index in [0.717, 1.165) is 5.56 Å². The number of carbonyl (C=O) groups excluding carboxylic acids is 6. The number of nitrogens with one attached hydrogen (secondary N) is 9. The van der Waals surface area contributed by atoms with Gasteiger partial charge in [-0.3, -0.25) is 39.0 Å². The van der Waals surface area contributed by atoms with Gasteiger partial charge in [-0.15, -0.1) is 0 Å². The Labute approximate surface area is 396 Å². The first-order valence-electron chi connectivity index (χ1n) is 22.2. The highest BCUT2D eigenvalue weighted by Crippen LogP contribution is 2.20. The van der Waals surface area contributed by atoms with Gasteiger partial charge in [0.25, 0.3) is 0 Å². The molecule has 368 valence electrons. The molecule has 0 saturated carbocycles. The monoisotopic (exact) mass is 954 g/mol. The molecule has 0 unspecified atom stereocenters. The van der Waals surface area contributed by atoms with Crippen molar-refractivity contribution in [2.24, 2.45) is 11.5 Å². The third-order valence-electron chi connectivity index (χ3n) is 11.2. The van der Waals surface area contributed by atoms with Crippen LogP contribution in [0.5, 0.6) is 0 Å². The smallest absolute Gasteiger partial charge is 0.326 e. The van der Waals surface area contributed by atoms with E-state index >= 15 is 0 Å². The number of nitrogens with zero attached hydrogens (tertiary/aromatic N) is 3. The zero-order valence-electron chi connectivity index (χ0n) is 37.6. The van der Waals surface area contributed by atoms with Gasteiger partial charge in [-0.1, -0.05) is 60.7 Å². The number of rotatable bonds is 26. The van der Waals surface area contributed by atoms with E-state index in [2.05, 4.69) is 51.8 Å². The summed E-state index contributed by atoms with van der Waals surface area (Å²) in [5.74, 6) is -8.32. The average Bonchev–Trinajstić information content (AvgIpc) is 4.14. The Morgan fingerprint density at radius 3 is 1.74 bits per heavy atom. The van der Waals surface area contributed by atoms with Gasteiger partial charge in [0, 0.05) is 44.7 Å². The fourth-order valence-electron chi connectivity index (χ4n) is 7.70. The number of amides is 6.